The molecular weight excluding hydrogens is 406 g/mol. The molecule has 0 spiro atoms. The number of anilines is 1. The van der Waals surface area contributed by atoms with Gasteiger partial charge in [-0.15, -0.1) is 0 Å². The largest absolute Gasteiger partial charge is 0.497 e. The van der Waals surface area contributed by atoms with E-state index in [2.05, 4.69) is 5.32 Å². The lowest BCUT2D eigenvalue weighted by atomic mass is 10.0. The summed E-state index contributed by atoms with van der Waals surface area (Å²) in [6.07, 6.45) is 1.36. The molecule has 2 aromatic carbocycles. The van der Waals surface area contributed by atoms with Gasteiger partial charge in [0.1, 0.15) is 11.3 Å². The van der Waals surface area contributed by atoms with Crippen molar-refractivity contribution in [1.82, 2.24) is 0 Å². The molecule has 0 bridgehead atoms. The minimum absolute atomic E-state index is 0.0514. The van der Waals surface area contributed by atoms with E-state index in [0.717, 1.165) is 22.8 Å². The smallest absolute Gasteiger partial charge is 0.339 e. The molecule has 7 nitrogen and oxygen atoms in total. The van der Waals surface area contributed by atoms with Crippen LogP contribution in [0.25, 0.3) is 11.0 Å². The van der Waals surface area contributed by atoms with Crippen LogP contribution in [-0.4, -0.2) is 27.7 Å². The van der Waals surface area contributed by atoms with Gasteiger partial charge < -0.3 is 14.5 Å². The number of benzene rings is 2. The molecule has 0 fully saturated rings. The Morgan fingerprint density at radius 3 is 2.53 bits per heavy atom. The maximum absolute atomic E-state index is 12.5. The van der Waals surface area contributed by atoms with Crippen molar-refractivity contribution >= 4 is 32.4 Å². The Labute approximate surface area is 174 Å². The zero-order valence-electron chi connectivity index (χ0n) is 17.2. The molecule has 1 heterocycles. The van der Waals surface area contributed by atoms with Crippen LogP contribution in [0.4, 0.5) is 5.69 Å². The molecule has 0 aliphatic heterocycles. The summed E-state index contributed by atoms with van der Waals surface area (Å²) < 4.78 is 34.1. The summed E-state index contributed by atoms with van der Waals surface area (Å²) in [6.45, 7) is 3.59. The predicted molar refractivity (Wildman–Crippen MR) is 115 cm³/mol. The molecule has 3 aromatic rings. The first-order valence-corrected chi connectivity index (χ1v) is 11.2. The molecule has 0 aliphatic carbocycles. The summed E-state index contributed by atoms with van der Waals surface area (Å²) in [6, 6.07) is 9.82. The number of carbonyl (C=O) groups excluding carboxylic acids is 1. The predicted octanol–water partition coefficient (Wildman–Crippen LogP) is 3.39. The molecule has 30 heavy (non-hydrogen) atoms. The van der Waals surface area contributed by atoms with Crippen molar-refractivity contribution in [2.45, 2.75) is 31.6 Å². The van der Waals surface area contributed by atoms with Crippen LogP contribution in [0.2, 0.25) is 0 Å². The van der Waals surface area contributed by atoms with E-state index in [4.69, 9.17) is 9.15 Å². The van der Waals surface area contributed by atoms with Gasteiger partial charge in [-0.1, -0.05) is 6.07 Å². The summed E-state index contributed by atoms with van der Waals surface area (Å²) in [4.78, 5) is 25.0. The lowest BCUT2D eigenvalue weighted by Crippen LogP contribution is -2.17. The van der Waals surface area contributed by atoms with Crippen molar-refractivity contribution in [3.63, 3.8) is 0 Å². The topological polar surface area (TPSA) is 103 Å². The van der Waals surface area contributed by atoms with Crippen LogP contribution in [0, 0.1) is 13.8 Å². The number of ether oxygens (including phenoxy) is 1. The molecule has 8 heteroatoms. The Morgan fingerprint density at radius 1 is 1.13 bits per heavy atom. The highest BCUT2D eigenvalue weighted by Crippen LogP contribution is 2.25. The third-order valence-electron chi connectivity index (χ3n) is 5.01. The molecule has 3 rings (SSSR count). The summed E-state index contributed by atoms with van der Waals surface area (Å²) in [5.41, 5.74) is 2.30. The first-order valence-electron chi connectivity index (χ1n) is 9.31. The van der Waals surface area contributed by atoms with Gasteiger partial charge in [0, 0.05) is 35.4 Å². The third kappa shape index (κ3) is 4.54. The van der Waals surface area contributed by atoms with Gasteiger partial charge >= 0.3 is 5.63 Å². The van der Waals surface area contributed by atoms with E-state index >= 15 is 0 Å². The van der Waals surface area contributed by atoms with E-state index in [9.17, 15) is 18.0 Å². The van der Waals surface area contributed by atoms with Crippen LogP contribution in [-0.2, 0) is 21.1 Å². The van der Waals surface area contributed by atoms with Crippen LogP contribution >= 0.6 is 0 Å². The van der Waals surface area contributed by atoms with Gasteiger partial charge in [-0.25, -0.2) is 13.2 Å². The number of amides is 1. The number of hydrogen-bond acceptors (Lipinski definition) is 6. The fraction of sp³-hybridized carbons (Fsp3) is 0.273. The van der Waals surface area contributed by atoms with Crippen molar-refractivity contribution in [1.29, 1.82) is 0 Å². The van der Waals surface area contributed by atoms with Crippen LogP contribution < -0.4 is 15.7 Å². The van der Waals surface area contributed by atoms with Crippen molar-refractivity contribution in [2.24, 2.45) is 0 Å². The zero-order chi connectivity index (χ0) is 22.1. The number of rotatable bonds is 6. The van der Waals surface area contributed by atoms with Crippen LogP contribution in [0.3, 0.4) is 0 Å². The second-order valence-electron chi connectivity index (χ2n) is 7.15. The van der Waals surface area contributed by atoms with E-state index in [1.165, 1.54) is 19.2 Å². The monoisotopic (exact) mass is 429 g/mol. The zero-order valence-corrected chi connectivity index (χ0v) is 18.1. The second-order valence-corrected chi connectivity index (χ2v) is 9.17. The third-order valence-corrected chi connectivity index (χ3v) is 6.12. The van der Waals surface area contributed by atoms with Gasteiger partial charge in [0.15, 0.2) is 9.84 Å². The number of nitrogens with one attached hydrogen (secondary N) is 1. The van der Waals surface area contributed by atoms with Crippen LogP contribution in [0.5, 0.6) is 5.75 Å². The van der Waals surface area contributed by atoms with E-state index < -0.39 is 15.5 Å². The molecular formula is C22H23NO6S. The van der Waals surface area contributed by atoms with Gasteiger partial charge in [-0.05, 0) is 55.7 Å². The fourth-order valence-electron chi connectivity index (χ4n) is 3.21. The second kappa shape index (κ2) is 8.31. The molecule has 0 saturated heterocycles. The van der Waals surface area contributed by atoms with E-state index in [1.807, 2.05) is 13.0 Å². The maximum Gasteiger partial charge on any atom is 0.339 e. The van der Waals surface area contributed by atoms with Gasteiger partial charge in [0.2, 0.25) is 5.91 Å². The van der Waals surface area contributed by atoms with Gasteiger partial charge in [0.05, 0.1) is 12.0 Å². The van der Waals surface area contributed by atoms with Crippen molar-refractivity contribution < 1.29 is 22.4 Å². The molecule has 0 atom stereocenters. The van der Waals surface area contributed by atoms with Gasteiger partial charge in [-0.2, -0.15) is 0 Å². The lowest BCUT2D eigenvalue weighted by molar-refractivity contribution is -0.116. The number of hydrogen-bond donors (Lipinski definition) is 1. The number of methoxy groups -OCH3 is 1. The lowest BCUT2D eigenvalue weighted by Gasteiger charge is -2.11. The molecule has 0 aliphatic rings. The van der Waals surface area contributed by atoms with Crippen molar-refractivity contribution in [3.05, 3.63) is 63.5 Å². The number of carbonyl (C=O) groups is 1. The average Bonchev–Trinajstić information content (AvgIpc) is 2.68. The van der Waals surface area contributed by atoms with Crippen molar-refractivity contribution in [2.75, 3.05) is 18.7 Å². The van der Waals surface area contributed by atoms with Crippen LogP contribution in [0.15, 0.2) is 50.5 Å². The SMILES string of the molecule is COc1ccc2c(C)c(CCC(=O)Nc3cc(S(C)(=O)=O)ccc3C)c(=O)oc2c1. The fourth-order valence-corrected chi connectivity index (χ4v) is 3.86. The molecule has 0 saturated carbocycles. The Bertz CT molecular complexity index is 1290. The highest BCUT2D eigenvalue weighted by atomic mass is 32.2. The van der Waals surface area contributed by atoms with Gasteiger partial charge in [-0.3, -0.25) is 4.79 Å². The number of aryl methyl sites for hydroxylation is 2. The number of fused-ring (bicyclic) bond motifs is 1. The standard InChI is InChI=1S/C22H23NO6S/c1-13-5-7-16(30(4,26)27)12-19(13)23-21(24)10-9-18-14(2)17-8-6-15(28-3)11-20(17)29-22(18)25/h5-8,11-12H,9-10H2,1-4H3,(H,23,24). The molecule has 1 aromatic heterocycles. The highest BCUT2D eigenvalue weighted by Gasteiger charge is 2.15. The summed E-state index contributed by atoms with van der Waals surface area (Å²) in [5, 5.41) is 3.51. The Hall–Kier alpha value is -3.13. The summed E-state index contributed by atoms with van der Waals surface area (Å²) in [7, 11) is -1.85. The molecule has 0 unspecified atom stereocenters. The van der Waals surface area contributed by atoms with Crippen LogP contribution in [0.1, 0.15) is 23.1 Å². The molecule has 158 valence electrons. The Kier molecular flexibility index (Phi) is 5.98. The quantitative estimate of drug-likeness (QED) is 0.603. The number of sulfone groups is 1. The molecule has 0 radical (unpaired) electrons. The maximum atomic E-state index is 12.5. The molecule has 1 N–H and O–H groups in total. The average molecular weight is 429 g/mol. The van der Waals surface area contributed by atoms with Crippen molar-refractivity contribution in [3.8, 4) is 5.75 Å². The van der Waals surface area contributed by atoms with E-state index in [0.29, 0.717) is 22.6 Å². The Morgan fingerprint density at radius 2 is 1.87 bits per heavy atom. The van der Waals surface area contributed by atoms with Gasteiger partial charge in [0.25, 0.3) is 0 Å². The highest BCUT2D eigenvalue weighted by molar-refractivity contribution is 7.90. The Balaban J connectivity index is 1.80. The first-order chi connectivity index (χ1) is 14.1. The summed E-state index contributed by atoms with van der Waals surface area (Å²) in [5.74, 6) is 0.265. The summed E-state index contributed by atoms with van der Waals surface area (Å²) >= 11 is 0. The van der Waals surface area contributed by atoms with E-state index in [-0.39, 0.29) is 23.6 Å². The minimum Gasteiger partial charge on any atom is -0.497 e. The molecule has 1 amide bonds. The van der Waals surface area contributed by atoms with E-state index in [1.54, 1.807) is 25.1 Å². The minimum atomic E-state index is -3.38. The normalized spacial score (nSPS) is 11.5. The first kappa shape index (κ1) is 21.6.